The van der Waals surface area contributed by atoms with Gasteiger partial charge in [0, 0.05) is 13.3 Å². The van der Waals surface area contributed by atoms with Gasteiger partial charge in [-0.1, -0.05) is 0 Å². The van der Waals surface area contributed by atoms with Crippen LogP contribution in [0.15, 0.2) is 12.3 Å². The summed E-state index contributed by atoms with van der Waals surface area (Å²) in [4.78, 5) is 8.72. The van der Waals surface area contributed by atoms with E-state index >= 15 is 0 Å². The second-order valence-electron chi connectivity index (χ2n) is 6.06. The van der Waals surface area contributed by atoms with Crippen molar-refractivity contribution in [1.29, 1.82) is 0 Å². The Morgan fingerprint density at radius 1 is 0.962 bits per heavy atom. The lowest BCUT2D eigenvalue weighted by atomic mass is 9.79. The Bertz CT molecular complexity index is 498. The second-order valence-corrected chi connectivity index (χ2v) is 6.06. The highest BCUT2D eigenvalue weighted by atomic mass is 16.6. The molecule has 1 heterocycles. The Kier molecular flexibility index (Phi) is 9.98. The van der Waals surface area contributed by atoms with Gasteiger partial charge in [-0.25, -0.2) is 9.97 Å². The van der Waals surface area contributed by atoms with Crippen LogP contribution in [0, 0.1) is 0 Å². The molecule has 1 aromatic rings. The van der Waals surface area contributed by atoms with Gasteiger partial charge < -0.3 is 28.8 Å². The molecule has 0 unspecified atom stereocenters. The molecule has 26 heavy (non-hydrogen) atoms. The number of methoxy groups -OCH3 is 1. The summed E-state index contributed by atoms with van der Waals surface area (Å²) in [5.74, 6) is 0.659. The molecule has 1 saturated carbocycles. The second kappa shape index (κ2) is 12.3. The van der Waals surface area contributed by atoms with Crippen molar-refractivity contribution in [2.75, 3.05) is 60.0 Å². The molecule has 0 amide bonds. The molecule has 1 fully saturated rings. The van der Waals surface area contributed by atoms with E-state index in [1.54, 1.807) is 19.4 Å². The summed E-state index contributed by atoms with van der Waals surface area (Å²) in [7, 11) is 1.65. The van der Waals surface area contributed by atoms with Crippen LogP contribution < -0.4 is 0 Å². The van der Waals surface area contributed by atoms with Crippen molar-refractivity contribution in [2.24, 2.45) is 0 Å². The average Bonchev–Trinajstić information content (AvgIpc) is 2.64. The van der Waals surface area contributed by atoms with E-state index in [0.717, 1.165) is 19.3 Å². The molecule has 0 bridgehead atoms. The summed E-state index contributed by atoms with van der Waals surface area (Å²) in [5.41, 5.74) is 0.189. The third-order valence-electron chi connectivity index (χ3n) is 4.23. The number of aliphatic hydroxyl groups excluding tert-OH is 1. The van der Waals surface area contributed by atoms with E-state index in [1.165, 1.54) is 0 Å². The minimum absolute atomic E-state index is 0.0911. The van der Waals surface area contributed by atoms with Crippen molar-refractivity contribution in [3.63, 3.8) is 0 Å². The molecule has 1 aliphatic rings. The number of aliphatic hydroxyl groups is 1. The Labute approximate surface area is 154 Å². The van der Waals surface area contributed by atoms with Gasteiger partial charge in [0.05, 0.1) is 65.2 Å². The molecular weight excluding hydrogens is 340 g/mol. The molecule has 1 aromatic heterocycles. The number of aromatic nitrogens is 2. The van der Waals surface area contributed by atoms with Crippen LogP contribution in [-0.4, -0.2) is 75.0 Å². The molecule has 0 atom stereocenters. The van der Waals surface area contributed by atoms with Crippen molar-refractivity contribution in [3.8, 4) is 0 Å². The first kappa shape index (κ1) is 21.1. The Hall–Kier alpha value is -1.16. The lowest BCUT2D eigenvalue weighted by Gasteiger charge is -2.40. The van der Waals surface area contributed by atoms with Gasteiger partial charge in [0.1, 0.15) is 5.60 Å². The minimum atomic E-state index is -0.426. The third-order valence-corrected chi connectivity index (χ3v) is 4.23. The van der Waals surface area contributed by atoms with Crippen LogP contribution in [-0.2, 0) is 35.9 Å². The predicted octanol–water partition coefficient (Wildman–Crippen LogP) is 1.06. The number of hydrogen-bond donors (Lipinski definition) is 1. The van der Waals surface area contributed by atoms with E-state index in [4.69, 9.17) is 23.7 Å². The van der Waals surface area contributed by atoms with Gasteiger partial charge in [0.15, 0.2) is 5.82 Å². The highest BCUT2D eigenvalue weighted by Crippen LogP contribution is 2.43. The highest BCUT2D eigenvalue weighted by Gasteiger charge is 2.42. The summed E-state index contributed by atoms with van der Waals surface area (Å²) in [6, 6.07) is 1.71. The molecule has 0 aliphatic heterocycles. The van der Waals surface area contributed by atoms with Crippen LogP contribution in [0.5, 0.6) is 0 Å². The summed E-state index contributed by atoms with van der Waals surface area (Å²) < 4.78 is 27.2. The van der Waals surface area contributed by atoms with E-state index < -0.39 is 5.60 Å². The Balaban J connectivity index is 1.53. The summed E-state index contributed by atoms with van der Waals surface area (Å²) in [6.45, 7) is 4.22. The van der Waals surface area contributed by atoms with Crippen LogP contribution >= 0.6 is 0 Å². The van der Waals surface area contributed by atoms with Crippen LogP contribution in [0.25, 0.3) is 0 Å². The van der Waals surface area contributed by atoms with Crippen molar-refractivity contribution in [3.05, 3.63) is 23.8 Å². The normalized spacial score (nSPS) is 15.8. The number of ether oxygens (including phenoxy) is 5. The van der Waals surface area contributed by atoms with Gasteiger partial charge in [0.25, 0.3) is 0 Å². The van der Waals surface area contributed by atoms with E-state index in [2.05, 4.69) is 9.97 Å². The largest absolute Gasteiger partial charge is 0.390 e. The molecule has 0 radical (unpaired) electrons. The van der Waals surface area contributed by atoms with Gasteiger partial charge in [0.2, 0.25) is 0 Å². The summed E-state index contributed by atoms with van der Waals surface area (Å²) >= 11 is 0. The first-order chi connectivity index (χ1) is 12.8. The van der Waals surface area contributed by atoms with Gasteiger partial charge in [-0.3, -0.25) is 0 Å². The first-order valence-corrected chi connectivity index (χ1v) is 9.10. The monoisotopic (exact) mass is 370 g/mol. The Morgan fingerprint density at radius 3 is 2.12 bits per heavy atom. The van der Waals surface area contributed by atoms with Crippen LogP contribution in [0.4, 0.5) is 0 Å². The summed E-state index contributed by atoms with van der Waals surface area (Å²) in [6.07, 6.45) is 4.56. The molecule has 1 N–H and O–H groups in total. The van der Waals surface area contributed by atoms with Gasteiger partial charge >= 0.3 is 0 Å². The smallest absolute Gasteiger partial charge is 0.160 e. The maximum atomic E-state index is 9.23. The number of hydrogen-bond acceptors (Lipinski definition) is 8. The lowest BCUT2D eigenvalue weighted by molar-refractivity contribution is -0.127. The lowest BCUT2D eigenvalue weighted by Crippen LogP contribution is -2.40. The fraction of sp³-hybridized carbons (Fsp3) is 0.778. The topological polar surface area (TPSA) is 92.2 Å². The van der Waals surface area contributed by atoms with Crippen LogP contribution in [0.1, 0.15) is 30.8 Å². The molecule has 0 spiro atoms. The maximum absolute atomic E-state index is 9.23. The maximum Gasteiger partial charge on any atom is 0.160 e. The molecule has 8 heteroatoms. The quantitative estimate of drug-likeness (QED) is 0.458. The highest BCUT2D eigenvalue weighted by molar-refractivity contribution is 5.11. The van der Waals surface area contributed by atoms with Gasteiger partial charge in [-0.05, 0) is 25.3 Å². The Morgan fingerprint density at radius 2 is 1.58 bits per heavy atom. The molecule has 0 aromatic carbocycles. The van der Waals surface area contributed by atoms with E-state index in [1.807, 2.05) is 0 Å². The zero-order valence-electron chi connectivity index (χ0n) is 15.5. The van der Waals surface area contributed by atoms with Gasteiger partial charge in [-0.2, -0.15) is 0 Å². The predicted molar refractivity (Wildman–Crippen MR) is 93.8 cm³/mol. The zero-order valence-corrected chi connectivity index (χ0v) is 15.5. The SMILES string of the molecule is COCCOCCOCCOCCOC1(c2nccc(CO)n2)CCC1. The molecule has 2 rings (SSSR count). The van der Waals surface area contributed by atoms with E-state index in [0.29, 0.717) is 64.4 Å². The van der Waals surface area contributed by atoms with Gasteiger partial charge in [-0.15, -0.1) is 0 Å². The van der Waals surface area contributed by atoms with Crippen molar-refractivity contribution in [2.45, 2.75) is 31.5 Å². The average molecular weight is 370 g/mol. The van der Waals surface area contributed by atoms with Crippen molar-refractivity contribution in [1.82, 2.24) is 9.97 Å². The van der Waals surface area contributed by atoms with Crippen LogP contribution in [0.2, 0.25) is 0 Å². The minimum Gasteiger partial charge on any atom is -0.390 e. The van der Waals surface area contributed by atoms with Crippen molar-refractivity contribution < 1.29 is 28.8 Å². The zero-order chi connectivity index (χ0) is 18.5. The molecule has 1 aliphatic carbocycles. The van der Waals surface area contributed by atoms with Crippen molar-refractivity contribution >= 4 is 0 Å². The van der Waals surface area contributed by atoms with Crippen LogP contribution in [0.3, 0.4) is 0 Å². The first-order valence-electron chi connectivity index (χ1n) is 9.10. The molecule has 0 saturated heterocycles. The molecule has 148 valence electrons. The summed E-state index contributed by atoms with van der Waals surface area (Å²) in [5, 5.41) is 9.23. The standard InChI is InChI=1S/C18H30N2O6/c1-22-7-8-23-9-10-24-11-12-25-13-14-26-18(4-2-5-18)17-19-6-3-16(15-21)20-17/h3,6,21H,2,4-5,7-15H2,1H3. The number of rotatable bonds is 15. The molecule has 8 nitrogen and oxygen atoms in total. The molecular formula is C18H30N2O6. The number of nitrogens with zero attached hydrogens (tertiary/aromatic N) is 2. The third kappa shape index (κ3) is 6.86. The van der Waals surface area contributed by atoms with E-state index in [-0.39, 0.29) is 6.61 Å². The fourth-order valence-electron chi connectivity index (χ4n) is 2.61. The van der Waals surface area contributed by atoms with E-state index in [9.17, 15) is 5.11 Å². The fourth-order valence-corrected chi connectivity index (χ4v) is 2.61.